The van der Waals surface area contributed by atoms with E-state index in [1.807, 2.05) is 24.3 Å². The second kappa shape index (κ2) is 8.82. The van der Waals surface area contributed by atoms with E-state index in [2.05, 4.69) is 17.2 Å². The van der Waals surface area contributed by atoms with Crippen molar-refractivity contribution < 1.29 is 19.1 Å². The van der Waals surface area contributed by atoms with Crippen molar-refractivity contribution in [3.05, 3.63) is 53.7 Å². The first-order valence-electron chi connectivity index (χ1n) is 9.72. The summed E-state index contributed by atoms with van der Waals surface area (Å²) in [5.41, 5.74) is 8.85. The van der Waals surface area contributed by atoms with Crippen molar-refractivity contribution in [2.45, 2.75) is 27.2 Å². The van der Waals surface area contributed by atoms with E-state index >= 15 is 0 Å². The molecular formula is C23H25N3O4. The average molecular weight is 407 g/mol. The number of nitrogens with zero attached hydrogens (tertiary/aromatic N) is 1. The van der Waals surface area contributed by atoms with Gasteiger partial charge in [0.15, 0.2) is 11.5 Å². The van der Waals surface area contributed by atoms with Crippen LogP contribution in [0.25, 0.3) is 10.9 Å². The smallest absolute Gasteiger partial charge is 0.313 e. The molecule has 0 bridgehead atoms. The van der Waals surface area contributed by atoms with E-state index in [-0.39, 0.29) is 17.2 Å². The highest BCUT2D eigenvalue weighted by atomic mass is 16.6. The maximum absolute atomic E-state index is 12.2. The van der Waals surface area contributed by atoms with Crippen LogP contribution in [0.2, 0.25) is 0 Å². The van der Waals surface area contributed by atoms with E-state index in [9.17, 15) is 9.59 Å². The maximum Gasteiger partial charge on any atom is 0.313 e. The molecule has 3 rings (SSSR count). The van der Waals surface area contributed by atoms with Gasteiger partial charge in [0.05, 0.1) is 29.8 Å². The summed E-state index contributed by atoms with van der Waals surface area (Å²) in [6, 6.07) is 11.1. The van der Waals surface area contributed by atoms with Gasteiger partial charge in [-0.15, -0.1) is 0 Å². The molecule has 2 aromatic carbocycles. The molecule has 1 amide bonds. The van der Waals surface area contributed by atoms with Gasteiger partial charge in [-0.1, -0.05) is 39.0 Å². The number of carbonyl (C=O) groups excluding carboxylic acids is 2. The number of hydrogen-bond acceptors (Lipinski definition) is 6. The number of methoxy groups -OCH3 is 1. The Morgan fingerprint density at radius 1 is 1.17 bits per heavy atom. The van der Waals surface area contributed by atoms with Crippen LogP contribution < -0.4 is 20.5 Å². The lowest BCUT2D eigenvalue weighted by molar-refractivity contribution is -0.137. The fourth-order valence-electron chi connectivity index (χ4n) is 3.07. The summed E-state index contributed by atoms with van der Waals surface area (Å²) in [4.78, 5) is 28.6. The first-order chi connectivity index (χ1) is 14.3. The summed E-state index contributed by atoms with van der Waals surface area (Å²) in [6.07, 6.45) is 2.24. The van der Waals surface area contributed by atoms with Crippen molar-refractivity contribution in [1.82, 2.24) is 4.98 Å². The van der Waals surface area contributed by atoms with Gasteiger partial charge in [-0.3, -0.25) is 14.6 Å². The molecule has 156 valence electrons. The topological polar surface area (TPSA) is 104 Å². The zero-order valence-corrected chi connectivity index (χ0v) is 17.5. The lowest BCUT2D eigenvalue weighted by Crippen LogP contribution is -2.16. The largest absolute Gasteiger partial charge is 0.493 e. The van der Waals surface area contributed by atoms with Crippen molar-refractivity contribution in [1.29, 1.82) is 0 Å². The number of nitrogens with two attached hydrogens (primary N) is 1. The molecule has 7 heteroatoms. The van der Waals surface area contributed by atoms with Gasteiger partial charge in [0.1, 0.15) is 0 Å². The number of para-hydroxylation sites is 1. The van der Waals surface area contributed by atoms with E-state index in [0.717, 1.165) is 17.7 Å². The van der Waals surface area contributed by atoms with Crippen LogP contribution >= 0.6 is 0 Å². The van der Waals surface area contributed by atoms with Crippen LogP contribution in [0.3, 0.4) is 0 Å². The third-order valence-electron chi connectivity index (χ3n) is 4.76. The number of rotatable bonds is 7. The number of fused-ring (bicyclic) bond motifs is 1. The molecule has 7 nitrogen and oxygen atoms in total. The molecule has 1 aromatic heterocycles. The molecule has 0 aliphatic rings. The summed E-state index contributed by atoms with van der Waals surface area (Å²) < 4.78 is 10.9. The van der Waals surface area contributed by atoms with E-state index in [1.54, 1.807) is 26.0 Å². The highest BCUT2D eigenvalue weighted by molar-refractivity contribution is 6.08. The summed E-state index contributed by atoms with van der Waals surface area (Å²) in [6.45, 7) is 5.54. The molecule has 0 fully saturated rings. The number of ether oxygens (including phenoxy) is 2. The molecule has 0 aliphatic carbocycles. The fraction of sp³-hybridized carbons (Fsp3) is 0.261. The number of aromatic nitrogens is 1. The van der Waals surface area contributed by atoms with Crippen LogP contribution in [0, 0.1) is 5.92 Å². The number of aryl methyl sites for hydroxylation is 1. The van der Waals surface area contributed by atoms with Crippen molar-refractivity contribution in [2.75, 3.05) is 12.4 Å². The molecule has 1 heterocycles. The van der Waals surface area contributed by atoms with Crippen LogP contribution in [0.15, 0.2) is 42.6 Å². The Morgan fingerprint density at radius 3 is 2.53 bits per heavy atom. The van der Waals surface area contributed by atoms with Crippen LogP contribution in [0.4, 0.5) is 11.4 Å². The maximum atomic E-state index is 12.2. The minimum Gasteiger partial charge on any atom is -0.493 e. The quantitative estimate of drug-likeness (QED) is 0.449. The Bertz CT molecular complexity index is 1110. The highest BCUT2D eigenvalue weighted by Gasteiger charge is 2.20. The zero-order valence-electron chi connectivity index (χ0n) is 17.5. The summed E-state index contributed by atoms with van der Waals surface area (Å²) in [5.74, 6) is -0.695. The molecule has 30 heavy (non-hydrogen) atoms. The number of esters is 1. The van der Waals surface area contributed by atoms with Gasteiger partial charge in [0.2, 0.25) is 0 Å². The summed E-state index contributed by atoms with van der Waals surface area (Å²) in [5, 5.41) is 3.92. The molecule has 0 spiro atoms. The van der Waals surface area contributed by atoms with Crippen molar-refractivity contribution >= 4 is 34.2 Å². The molecule has 0 unspecified atom stereocenters. The number of pyridine rings is 1. The molecule has 0 saturated carbocycles. The van der Waals surface area contributed by atoms with Crippen LogP contribution in [0.5, 0.6) is 11.5 Å². The highest BCUT2D eigenvalue weighted by Crippen LogP contribution is 2.38. The van der Waals surface area contributed by atoms with E-state index < -0.39 is 11.9 Å². The predicted molar refractivity (Wildman–Crippen MR) is 116 cm³/mol. The average Bonchev–Trinajstić information content (AvgIpc) is 2.73. The number of carbonyl (C=O) groups is 2. The second-order valence-corrected chi connectivity index (χ2v) is 7.14. The number of hydrogen-bond donors (Lipinski definition) is 2. The fourth-order valence-corrected chi connectivity index (χ4v) is 3.07. The van der Waals surface area contributed by atoms with Gasteiger partial charge in [-0.05, 0) is 24.1 Å². The van der Waals surface area contributed by atoms with Gasteiger partial charge < -0.3 is 20.5 Å². The van der Waals surface area contributed by atoms with Crippen molar-refractivity contribution in [3.8, 4) is 11.5 Å². The van der Waals surface area contributed by atoms with Crippen LogP contribution in [0.1, 0.15) is 36.7 Å². The number of benzene rings is 2. The van der Waals surface area contributed by atoms with Gasteiger partial charge >= 0.3 is 5.97 Å². The van der Waals surface area contributed by atoms with Gasteiger partial charge in [-0.2, -0.15) is 0 Å². The summed E-state index contributed by atoms with van der Waals surface area (Å²) >= 11 is 0. The SMILES string of the molecule is CCc1ccccc1Nc1c(C(N)=O)cnc2cc(OC)c(OC(=O)C(C)C)cc12. The molecule has 3 aromatic rings. The van der Waals surface area contributed by atoms with E-state index in [0.29, 0.717) is 22.3 Å². The molecule has 3 N–H and O–H groups in total. The molecule has 0 saturated heterocycles. The number of anilines is 2. The van der Waals surface area contributed by atoms with Gasteiger partial charge in [0.25, 0.3) is 5.91 Å². The van der Waals surface area contributed by atoms with Crippen molar-refractivity contribution in [2.24, 2.45) is 11.7 Å². The van der Waals surface area contributed by atoms with Crippen LogP contribution in [-0.2, 0) is 11.2 Å². The number of amides is 1. The Morgan fingerprint density at radius 2 is 1.90 bits per heavy atom. The normalized spacial score (nSPS) is 10.8. The molecule has 0 radical (unpaired) electrons. The molecular weight excluding hydrogens is 382 g/mol. The van der Waals surface area contributed by atoms with Crippen LogP contribution in [-0.4, -0.2) is 24.0 Å². The number of nitrogens with one attached hydrogen (secondary N) is 1. The minimum absolute atomic E-state index is 0.236. The Labute approximate surface area is 175 Å². The Hall–Kier alpha value is -3.61. The number of primary amides is 1. The lowest BCUT2D eigenvalue weighted by atomic mass is 10.1. The Balaban J connectivity index is 2.23. The molecule has 0 aliphatic heterocycles. The predicted octanol–water partition coefficient (Wildman–Crippen LogP) is 4.21. The monoisotopic (exact) mass is 407 g/mol. The minimum atomic E-state index is -0.613. The first-order valence-corrected chi connectivity index (χ1v) is 9.72. The summed E-state index contributed by atoms with van der Waals surface area (Å²) in [7, 11) is 1.49. The third-order valence-corrected chi connectivity index (χ3v) is 4.76. The molecule has 0 atom stereocenters. The Kier molecular flexibility index (Phi) is 6.20. The zero-order chi connectivity index (χ0) is 21.8. The van der Waals surface area contributed by atoms with Crippen molar-refractivity contribution in [3.63, 3.8) is 0 Å². The third kappa shape index (κ3) is 4.20. The standard InChI is InChI=1S/C23H25N3O4/c1-5-14-8-6-7-9-17(14)26-21-15-10-20(30-23(28)13(2)3)19(29-4)11-18(15)25-12-16(21)22(24)27/h6-13H,5H2,1-4H3,(H2,24,27)(H,25,26). The second-order valence-electron chi connectivity index (χ2n) is 7.14. The van der Waals surface area contributed by atoms with E-state index in [4.69, 9.17) is 15.2 Å². The van der Waals surface area contributed by atoms with Gasteiger partial charge in [0, 0.05) is 23.3 Å². The van der Waals surface area contributed by atoms with Gasteiger partial charge in [-0.25, -0.2) is 0 Å². The first kappa shape index (κ1) is 21.1. The van der Waals surface area contributed by atoms with E-state index in [1.165, 1.54) is 13.3 Å². The lowest BCUT2D eigenvalue weighted by Gasteiger charge is -2.17.